The lowest BCUT2D eigenvalue weighted by Crippen LogP contribution is -2.30. The van der Waals surface area contributed by atoms with Crippen LogP contribution < -0.4 is 0 Å². The number of ether oxygens (including phenoxy) is 3. The van der Waals surface area contributed by atoms with Gasteiger partial charge < -0.3 is 14.2 Å². The van der Waals surface area contributed by atoms with Gasteiger partial charge in [0.25, 0.3) is 0 Å². The molecular weight excluding hydrogens is 925 g/mol. The molecule has 444 valence electrons. The molecule has 1 unspecified atom stereocenters. The smallest absolute Gasteiger partial charge is 0.306 e. The quantitative estimate of drug-likeness (QED) is 0.0261. The van der Waals surface area contributed by atoms with E-state index in [2.05, 4.69) is 32.9 Å². The highest BCUT2D eigenvalue weighted by Crippen LogP contribution is 2.19. The van der Waals surface area contributed by atoms with Crippen molar-refractivity contribution in [2.24, 2.45) is 0 Å². The summed E-state index contributed by atoms with van der Waals surface area (Å²) in [6.07, 6.45) is 76.7. The molecule has 0 radical (unpaired) electrons. The number of esters is 3. The monoisotopic (exact) mass is 1060 g/mol. The molecule has 0 aliphatic rings. The van der Waals surface area contributed by atoms with Crippen molar-refractivity contribution in [2.45, 2.75) is 399 Å². The van der Waals surface area contributed by atoms with E-state index in [9.17, 15) is 14.4 Å². The molecule has 0 bridgehead atoms. The van der Waals surface area contributed by atoms with Gasteiger partial charge in [0.05, 0.1) is 0 Å². The molecule has 0 N–H and O–H groups in total. The topological polar surface area (TPSA) is 78.9 Å². The Morgan fingerprint density at radius 1 is 0.253 bits per heavy atom. The Balaban J connectivity index is 4.16. The number of unbranched alkanes of at least 4 members (excludes halogenated alkanes) is 51. The Hall–Kier alpha value is -1.85. The van der Waals surface area contributed by atoms with Gasteiger partial charge in [0.1, 0.15) is 13.2 Å². The maximum atomic E-state index is 12.9. The molecule has 0 saturated heterocycles. The van der Waals surface area contributed by atoms with Crippen molar-refractivity contribution in [3.05, 3.63) is 12.2 Å². The number of carbonyl (C=O) groups excluding carboxylic acids is 3. The molecule has 0 rings (SSSR count). The van der Waals surface area contributed by atoms with E-state index in [0.29, 0.717) is 19.3 Å². The maximum absolute atomic E-state index is 12.9. The van der Waals surface area contributed by atoms with Gasteiger partial charge in [0.15, 0.2) is 6.10 Å². The first-order chi connectivity index (χ1) is 37.0. The summed E-state index contributed by atoms with van der Waals surface area (Å²) in [7, 11) is 0. The molecule has 0 spiro atoms. The van der Waals surface area contributed by atoms with Gasteiger partial charge in [-0.15, -0.1) is 0 Å². The van der Waals surface area contributed by atoms with E-state index in [1.165, 1.54) is 289 Å². The molecule has 0 heterocycles. The molecule has 0 aliphatic heterocycles. The van der Waals surface area contributed by atoms with Crippen LogP contribution in [0.25, 0.3) is 0 Å². The molecule has 75 heavy (non-hydrogen) atoms. The number of carbonyl (C=O) groups is 3. The van der Waals surface area contributed by atoms with Crippen molar-refractivity contribution >= 4 is 17.9 Å². The number of allylic oxidation sites excluding steroid dienone is 2. The first-order valence-corrected chi connectivity index (χ1v) is 34.2. The predicted octanol–water partition coefficient (Wildman–Crippen LogP) is 23.2. The molecule has 0 aromatic rings. The fourth-order valence-electron chi connectivity index (χ4n) is 10.6. The normalized spacial score (nSPS) is 12.0. The molecule has 1 atom stereocenters. The summed E-state index contributed by atoms with van der Waals surface area (Å²) in [5.74, 6) is -0.844. The van der Waals surface area contributed by atoms with Gasteiger partial charge in [-0.3, -0.25) is 14.4 Å². The second kappa shape index (κ2) is 64.7. The first-order valence-electron chi connectivity index (χ1n) is 34.2. The maximum Gasteiger partial charge on any atom is 0.306 e. The van der Waals surface area contributed by atoms with Gasteiger partial charge in [-0.25, -0.2) is 0 Å². The highest BCUT2D eigenvalue weighted by molar-refractivity contribution is 5.71. The van der Waals surface area contributed by atoms with Gasteiger partial charge in [-0.05, 0) is 38.5 Å². The lowest BCUT2D eigenvalue weighted by atomic mass is 10.0. The fraction of sp³-hybridized carbons (Fsp3) is 0.928. The van der Waals surface area contributed by atoms with Crippen LogP contribution in [-0.2, 0) is 28.6 Å². The Kier molecular flexibility index (Phi) is 63.1. The summed E-state index contributed by atoms with van der Waals surface area (Å²) in [6.45, 7) is 6.68. The number of hydrogen-bond acceptors (Lipinski definition) is 6. The van der Waals surface area contributed by atoms with Crippen LogP contribution in [0.2, 0.25) is 0 Å². The molecule has 0 aromatic heterocycles. The largest absolute Gasteiger partial charge is 0.462 e. The van der Waals surface area contributed by atoms with Crippen LogP contribution in [0.1, 0.15) is 393 Å². The average Bonchev–Trinajstić information content (AvgIpc) is 3.41. The second-order valence-electron chi connectivity index (χ2n) is 23.5. The fourth-order valence-corrected chi connectivity index (χ4v) is 10.6. The van der Waals surface area contributed by atoms with Gasteiger partial charge in [-0.1, -0.05) is 348 Å². The average molecular weight is 1060 g/mol. The first kappa shape index (κ1) is 73.2. The Morgan fingerprint density at radius 2 is 0.453 bits per heavy atom. The zero-order chi connectivity index (χ0) is 54.3. The van der Waals surface area contributed by atoms with Crippen LogP contribution in [0.3, 0.4) is 0 Å². The van der Waals surface area contributed by atoms with Crippen molar-refractivity contribution in [1.82, 2.24) is 0 Å². The molecule has 0 saturated carbocycles. The van der Waals surface area contributed by atoms with Crippen LogP contribution in [-0.4, -0.2) is 37.2 Å². The molecule has 6 nitrogen and oxygen atoms in total. The second-order valence-corrected chi connectivity index (χ2v) is 23.5. The third-order valence-electron chi connectivity index (χ3n) is 15.8. The van der Waals surface area contributed by atoms with Crippen molar-refractivity contribution < 1.29 is 28.6 Å². The molecular formula is C69H132O6. The Labute approximate surface area is 469 Å². The highest BCUT2D eigenvalue weighted by Gasteiger charge is 2.19. The molecule has 0 amide bonds. The number of hydrogen-bond donors (Lipinski definition) is 0. The van der Waals surface area contributed by atoms with Crippen molar-refractivity contribution in [2.75, 3.05) is 13.2 Å². The Morgan fingerprint density at radius 3 is 0.707 bits per heavy atom. The van der Waals surface area contributed by atoms with Gasteiger partial charge in [-0.2, -0.15) is 0 Å². The third kappa shape index (κ3) is 62.9. The van der Waals surface area contributed by atoms with Gasteiger partial charge >= 0.3 is 17.9 Å². The summed E-state index contributed by atoms with van der Waals surface area (Å²) in [6, 6.07) is 0. The van der Waals surface area contributed by atoms with Crippen LogP contribution >= 0.6 is 0 Å². The summed E-state index contributed by atoms with van der Waals surface area (Å²) in [4.78, 5) is 38.3. The molecule has 0 fully saturated rings. The van der Waals surface area contributed by atoms with Crippen LogP contribution in [0.15, 0.2) is 12.2 Å². The zero-order valence-electron chi connectivity index (χ0n) is 51.1. The zero-order valence-corrected chi connectivity index (χ0v) is 51.1. The lowest BCUT2D eigenvalue weighted by molar-refractivity contribution is -0.167. The Bertz CT molecular complexity index is 1170. The minimum absolute atomic E-state index is 0.0660. The summed E-state index contributed by atoms with van der Waals surface area (Å²) < 4.78 is 16.9. The number of rotatable bonds is 64. The van der Waals surface area contributed by atoms with Crippen molar-refractivity contribution in [1.29, 1.82) is 0 Å². The van der Waals surface area contributed by atoms with E-state index >= 15 is 0 Å². The highest BCUT2D eigenvalue weighted by atomic mass is 16.6. The van der Waals surface area contributed by atoms with E-state index in [-0.39, 0.29) is 31.1 Å². The SMILES string of the molecule is CCCC/C=C\CCCCCCCC(=O)OCC(COC(=O)CCCCCCCCCCCCCCCCCCCCCCCCCCC)OC(=O)CCCCCCCCCCCCCCCCCCCCCCC. The van der Waals surface area contributed by atoms with E-state index in [1.54, 1.807) is 0 Å². The van der Waals surface area contributed by atoms with E-state index < -0.39 is 6.10 Å². The van der Waals surface area contributed by atoms with Crippen molar-refractivity contribution in [3.8, 4) is 0 Å². The van der Waals surface area contributed by atoms with Crippen LogP contribution in [0.4, 0.5) is 0 Å². The predicted molar refractivity (Wildman–Crippen MR) is 326 cm³/mol. The molecule has 6 heteroatoms. The molecule has 0 aromatic carbocycles. The van der Waals surface area contributed by atoms with E-state index in [0.717, 1.165) is 64.2 Å². The van der Waals surface area contributed by atoms with E-state index in [1.807, 2.05) is 0 Å². The van der Waals surface area contributed by atoms with Gasteiger partial charge in [0.2, 0.25) is 0 Å². The lowest BCUT2D eigenvalue weighted by Gasteiger charge is -2.18. The summed E-state index contributed by atoms with van der Waals surface area (Å²) in [5, 5.41) is 0. The van der Waals surface area contributed by atoms with Gasteiger partial charge in [0, 0.05) is 19.3 Å². The van der Waals surface area contributed by atoms with Crippen molar-refractivity contribution in [3.63, 3.8) is 0 Å². The minimum Gasteiger partial charge on any atom is -0.462 e. The summed E-state index contributed by atoms with van der Waals surface area (Å²) in [5.41, 5.74) is 0. The van der Waals surface area contributed by atoms with Crippen LogP contribution in [0.5, 0.6) is 0 Å². The van der Waals surface area contributed by atoms with E-state index in [4.69, 9.17) is 14.2 Å². The van der Waals surface area contributed by atoms with Crippen LogP contribution in [0, 0.1) is 0 Å². The minimum atomic E-state index is -0.769. The molecule has 0 aliphatic carbocycles. The standard InChI is InChI=1S/C69H132O6/c1-4-7-10-13-16-19-22-24-26-28-30-32-33-34-35-37-38-40-42-44-47-50-53-56-59-62-68(71)74-65-66(64-73-67(70)61-58-55-52-49-46-21-18-15-12-9-6-3)75-69(72)63-60-57-54-51-48-45-43-41-39-36-31-29-27-25-23-20-17-14-11-8-5-2/h15,18,66H,4-14,16-17,19-65H2,1-3H3/b18-15-. The third-order valence-corrected chi connectivity index (χ3v) is 15.8. The summed E-state index contributed by atoms with van der Waals surface area (Å²) >= 11 is 0.